The van der Waals surface area contributed by atoms with E-state index in [0.29, 0.717) is 16.7 Å². The predicted molar refractivity (Wildman–Crippen MR) is 92.4 cm³/mol. The molecule has 1 amide bonds. The largest absolute Gasteiger partial charge is 0.449 e. The number of nitrogens with one attached hydrogen (secondary N) is 1. The second kappa shape index (κ2) is 7.30. The van der Waals surface area contributed by atoms with Gasteiger partial charge >= 0.3 is 5.97 Å². The summed E-state index contributed by atoms with van der Waals surface area (Å²) in [5.74, 6) is -0.985. The van der Waals surface area contributed by atoms with E-state index in [-0.39, 0.29) is 17.7 Å². The Morgan fingerprint density at radius 2 is 1.48 bits per heavy atom. The molecule has 128 valence electrons. The number of hydrogen-bond acceptors (Lipinski definition) is 4. The van der Waals surface area contributed by atoms with Crippen LogP contribution in [-0.4, -0.2) is 29.8 Å². The van der Waals surface area contributed by atoms with Crippen molar-refractivity contribution >= 4 is 17.7 Å². The molecule has 0 aromatic heterocycles. The first-order valence-corrected chi connectivity index (χ1v) is 8.26. The summed E-state index contributed by atoms with van der Waals surface area (Å²) >= 11 is 0. The standard InChI is InChI=1S/C20H19NO4/c1-13(19(23)21-17-11-12-17)25-20(24)16-9-7-15(8-10-16)18(22)14-5-3-2-4-6-14/h2-10,13,17H,11-12H2,1H3,(H,21,23)/t13-/m0/s1. The van der Waals surface area contributed by atoms with Crippen molar-refractivity contribution < 1.29 is 19.1 Å². The van der Waals surface area contributed by atoms with Crippen molar-refractivity contribution in [2.24, 2.45) is 0 Å². The third kappa shape index (κ3) is 4.32. The minimum absolute atomic E-state index is 0.113. The quantitative estimate of drug-likeness (QED) is 0.650. The number of carbonyl (C=O) groups excluding carboxylic acids is 3. The van der Waals surface area contributed by atoms with Gasteiger partial charge in [-0.15, -0.1) is 0 Å². The first-order valence-electron chi connectivity index (χ1n) is 8.26. The van der Waals surface area contributed by atoms with Gasteiger partial charge in [-0.1, -0.05) is 42.5 Å². The SMILES string of the molecule is C[C@H](OC(=O)c1ccc(C(=O)c2ccccc2)cc1)C(=O)NC1CC1. The smallest absolute Gasteiger partial charge is 0.338 e. The summed E-state index contributed by atoms with van der Waals surface area (Å²) < 4.78 is 5.18. The summed E-state index contributed by atoms with van der Waals surface area (Å²) in [6, 6.07) is 15.4. The van der Waals surface area contributed by atoms with Gasteiger partial charge in [-0.25, -0.2) is 4.79 Å². The number of rotatable bonds is 6. The summed E-state index contributed by atoms with van der Waals surface area (Å²) in [5.41, 5.74) is 1.38. The van der Waals surface area contributed by atoms with E-state index in [1.165, 1.54) is 12.1 Å². The van der Waals surface area contributed by atoms with Crippen molar-refractivity contribution in [3.05, 3.63) is 71.3 Å². The predicted octanol–water partition coefficient (Wildman–Crippen LogP) is 2.74. The number of benzene rings is 2. The number of ether oxygens (including phenoxy) is 1. The molecule has 1 fully saturated rings. The van der Waals surface area contributed by atoms with E-state index < -0.39 is 12.1 Å². The van der Waals surface area contributed by atoms with Crippen LogP contribution >= 0.6 is 0 Å². The van der Waals surface area contributed by atoms with Crippen LogP contribution < -0.4 is 5.32 Å². The van der Waals surface area contributed by atoms with E-state index in [1.807, 2.05) is 6.07 Å². The maximum atomic E-state index is 12.3. The molecule has 0 aliphatic heterocycles. The molecule has 0 saturated heterocycles. The van der Waals surface area contributed by atoms with Crippen LogP contribution in [0.25, 0.3) is 0 Å². The second-order valence-electron chi connectivity index (χ2n) is 6.10. The molecule has 1 aliphatic carbocycles. The Morgan fingerprint density at radius 1 is 0.920 bits per heavy atom. The van der Waals surface area contributed by atoms with Crippen LogP contribution in [0, 0.1) is 0 Å². The number of carbonyl (C=O) groups is 3. The topological polar surface area (TPSA) is 72.5 Å². The van der Waals surface area contributed by atoms with Crippen molar-refractivity contribution in [1.82, 2.24) is 5.32 Å². The second-order valence-corrected chi connectivity index (χ2v) is 6.10. The summed E-state index contributed by atoms with van der Waals surface area (Å²) in [5, 5.41) is 2.79. The van der Waals surface area contributed by atoms with Gasteiger partial charge < -0.3 is 10.1 Å². The molecular formula is C20H19NO4. The van der Waals surface area contributed by atoms with E-state index >= 15 is 0 Å². The number of esters is 1. The molecule has 0 radical (unpaired) electrons. The molecule has 2 aromatic rings. The summed E-state index contributed by atoms with van der Waals surface area (Å²) in [6.07, 6.45) is 1.10. The highest BCUT2D eigenvalue weighted by Crippen LogP contribution is 2.19. The Hall–Kier alpha value is -2.95. The molecule has 5 nitrogen and oxygen atoms in total. The fourth-order valence-corrected chi connectivity index (χ4v) is 2.34. The maximum absolute atomic E-state index is 12.3. The fraction of sp³-hybridized carbons (Fsp3) is 0.250. The van der Waals surface area contributed by atoms with Crippen LogP contribution in [-0.2, 0) is 9.53 Å². The monoisotopic (exact) mass is 337 g/mol. The molecule has 1 N–H and O–H groups in total. The van der Waals surface area contributed by atoms with Crippen LogP contribution in [0.5, 0.6) is 0 Å². The Morgan fingerprint density at radius 3 is 2.08 bits per heavy atom. The Bertz CT molecular complexity index is 779. The van der Waals surface area contributed by atoms with Crippen molar-refractivity contribution in [2.45, 2.75) is 31.9 Å². The van der Waals surface area contributed by atoms with Gasteiger partial charge in [-0.2, -0.15) is 0 Å². The van der Waals surface area contributed by atoms with Crippen LogP contribution in [0.1, 0.15) is 46.0 Å². The average Bonchev–Trinajstić information content (AvgIpc) is 3.45. The number of ketones is 1. The highest BCUT2D eigenvalue weighted by molar-refractivity contribution is 6.09. The van der Waals surface area contributed by atoms with Crippen LogP contribution in [0.3, 0.4) is 0 Å². The van der Waals surface area contributed by atoms with E-state index in [2.05, 4.69) is 5.32 Å². The minimum Gasteiger partial charge on any atom is -0.449 e. The zero-order valence-corrected chi connectivity index (χ0v) is 13.9. The number of hydrogen-bond donors (Lipinski definition) is 1. The van der Waals surface area contributed by atoms with Gasteiger partial charge in [0.05, 0.1) is 5.56 Å². The highest BCUT2D eigenvalue weighted by atomic mass is 16.5. The zero-order chi connectivity index (χ0) is 17.8. The van der Waals surface area contributed by atoms with Gasteiger partial charge in [0.1, 0.15) is 0 Å². The van der Waals surface area contributed by atoms with Crippen molar-refractivity contribution in [3.63, 3.8) is 0 Å². The third-order valence-corrected chi connectivity index (χ3v) is 4.00. The molecule has 2 aromatic carbocycles. The Kier molecular flexibility index (Phi) is 4.93. The van der Waals surface area contributed by atoms with E-state index in [9.17, 15) is 14.4 Å². The Labute approximate surface area is 146 Å². The normalized spacial score (nSPS) is 14.4. The molecule has 1 atom stereocenters. The molecule has 3 rings (SSSR count). The van der Waals surface area contributed by atoms with E-state index in [4.69, 9.17) is 4.74 Å². The first-order chi connectivity index (χ1) is 12.0. The van der Waals surface area contributed by atoms with Crippen molar-refractivity contribution in [3.8, 4) is 0 Å². The fourth-order valence-electron chi connectivity index (χ4n) is 2.34. The lowest BCUT2D eigenvalue weighted by Gasteiger charge is -2.13. The van der Waals surface area contributed by atoms with Gasteiger partial charge in [0.2, 0.25) is 0 Å². The van der Waals surface area contributed by atoms with E-state index in [1.54, 1.807) is 43.3 Å². The highest BCUT2D eigenvalue weighted by Gasteiger charge is 2.27. The van der Waals surface area contributed by atoms with Gasteiger partial charge in [-0.3, -0.25) is 9.59 Å². The molecule has 0 spiro atoms. The van der Waals surface area contributed by atoms with Gasteiger partial charge in [0.15, 0.2) is 11.9 Å². The lowest BCUT2D eigenvalue weighted by molar-refractivity contribution is -0.129. The molecule has 0 unspecified atom stereocenters. The van der Waals surface area contributed by atoms with Crippen molar-refractivity contribution in [2.75, 3.05) is 0 Å². The zero-order valence-electron chi connectivity index (χ0n) is 13.9. The molecule has 5 heteroatoms. The van der Waals surface area contributed by atoms with Crippen LogP contribution in [0.15, 0.2) is 54.6 Å². The summed E-state index contributed by atoms with van der Waals surface area (Å²) in [4.78, 5) is 36.3. The molecule has 25 heavy (non-hydrogen) atoms. The average molecular weight is 337 g/mol. The summed E-state index contributed by atoms with van der Waals surface area (Å²) in [6.45, 7) is 1.54. The minimum atomic E-state index is -0.848. The van der Waals surface area contributed by atoms with Gasteiger partial charge in [0, 0.05) is 17.2 Å². The third-order valence-electron chi connectivity index (χ3n) is 4.00. The lowest BCUT2D eigenvalue weighted by atomic mass is 10.0. The summed E-state index contributed by atoms with van der Waals surface area (Å²) in [7, 11) is 0. The first kappa shape index (κ1) is 16.9. The maximum Gasteiger partial charge on any atom is 0.338 e. The molecule has 1 saturated carbocycles. The van der Waals surface area contributed by atoms with E-state index in [0.717, 1.165) is 12.8 Å². The Balaban J connectivity index is 1.62. The lowest BCUT2D eigenvalue weighted by Crippen LogP contribution is -2.37. The molecule has 1 aliphatic rings. The van der Waals surface area contributed by atoms with Gasteiger partial charge in [-0.05, 0) is 31.9 Å². The van der Waals surface area contributed by atoms with Crippen molar-refractivity contribution in [1.29, 1.82) is 0 Å². The van der Waals surface area contributed by atoms with Crippen LogP contribution in [0.4, 0.5) is 0 Å². The van der Waals surface area contributed by atoms with Crippen LogP contribution in [0.2, 0.25) is 0 Å². The molecular weight excluding hydrogens is 318 g/mol. The number of amides is 1. The molecule has 0 heterocycles. The van der Waals surface area contributed by atoms with Gasteiger partial charge in [0.25, 0.3) is 5.91 Å². The molecule has 0 bridgehead atoms.